The van der Waals surface area contributed by atoms with Gasteiger partial charge in [-0.1, -0.05) is 11.6 Å². The Hall–Kier alpha value is -2.16. The number of rotatable bonds is 1. The molecule has 22 heavy (non-hydrogen) atoms. The van der Waals surface area contributed by atoms with E-state index in [2.05, 4.69) is 11.2 Å². The second-order valence-electron chi connectivity index (χ2n) is 5.87. The highest BCUT2D eigenvalue weighted by atomic mass is 35.5. The fourth-order valence-corrected chi connectivity index (χ4v) is 2.69. The average molecular weight is 315 g/mol. The molecule has 1 N–H and O–H groups in total. The molecule has 0 unspecified atom stereocenters. The smallest absolute Gasteiger partial charge is 0.164 e. The van der Waals surface area contributed by atoms with Gasteiger partial charge in [0.2, 0.25) is 0 Å². The van der Waals surface area contributed by atoms with Crippen LogP contribution in [0.2, 0.25) is 5.02 Å². The number of ether oxygens (including phenoxy) is 1. The maximum Gasteiger partial charge on any atom is 0.164 e. The SMILES string of the molecule is CC1(C)Cc2c(nn(-c3ccc(Cl)cc3)c(=N)c2C#N)CO1. The molecule has 0 fully saturated rings. The highest BCUT2D eigenvalue weighted by Gasteiger charge is 2.30. The lowest BCUT2D eigenvalue weighted by Crippen LogP contribution is -2.37. The number of benzene rings is 1. The molecule has 0 saturated heterocycles. The van der Waals surface area contributed by atoms with Crippen LogP contribution in [0, 0.1) is 16.7 Å². The highest BCUT2D eigenvalue weighted by Crippen LogP contribution is 2.27. The van der Waals surface area contributed by atoms with E-state index in [4.69, 9.17) is 21.7 Å². The fourth-order valence-electron chi connectivity index (χ4n) is 2.56. The lowest BCUT2D eigenvalue weighted by molar-refractivity contribution is -0.0428. The largest absolute Gasteiger partial charge is 0.369 e. The molecule has 1 aliphatic rings. The van der Waals surface area contributed by atoms with E-state index in [-0.39, 0.29) is 11.1 Å². The molecule has 2 aromatic rings. The maximum absolute atomic E-state index is 9.49. The molecule has 0 saturated carbocycles. The van der Waals surface area contributed by atoms with Crippen molar-refractivity contribution in [3.05, 3.63) is 51.6 Å². The van der Waals surface area contributed by atoms with E-state index in [1.165, 1.54) is 4.68 Å². The van der Waals surface area contributed by atoms with E-state index in [1.54, 1.807) is 24.3 Å². The summed E-state index contributed by atoms with van der Waals surface area (Å²) in [6, 6.07) is 9.16. The molecular weight excluding hydrogens is 300 g/mol. The Labute approximate surface area is 133 Å². The predicted molar refractivity (Wildman–Crippen MR) is 81.7 cm³/mol. The Morgan fingerprint density at radius 1 is 1.36 bits per heavy atom. The summed E-state index contributed by atoms with van der Waals surface area (Å²) in [5, 5.41) is 22.9. The summed E-state index contributed by atoms with van der Waals surface area (Å²) in [6.45, 7) is 4.28. The average Bonchev–Trinajstić information content (AvgIpc) is 2.47. The first kappa shape index (κ1) is 14.8. The third kappa shape index (κ3) is 2.52. The minimum atomic E-state index is -0.348. The van der Waals surface area contributed by atoms with Crippen LogP contribution in [0.3, 0.4) is 0 Å². The standard InChI is InChI=1S/C16H15ClN4O/c1-16(2)7-12-13(8-18)15(19)21(20-14(12)9-22-16)11-5-3-10(17)4-6-11/h3-6,19H,7,9H2,1-2H3. The van der Waals surface area contributed by atoms with E-state index in [9.17, 15) is 5.26 Å². The minimum absolute atomic E-state index is 0.0845. The van der Waals surface area contributed by atoms with Gasteiger partial charge in [-0.3, -0.25) is 5.41 Å². The van der Waals surface area contributed by atoms with Gasteiger partial charge in [0, 0.05) is 17.0 Å². The summed E-state index contributed by atoms with van der Waals surface area (Å²) in [5.41, 5.74) is 2.31. The third-order valence-electron chi connectivity index (χ3n) is 3.70. The van der Waals surface area contributed by atoms with Crippen molar-refractivity contribution in [3.8, 4) is 11.8 Å². The zero-order valence-electron chi connectivity index (χ0n) is 12.4. The molecule has 0 aliphatic carbocycles. The van der Waals surface area contributed by atoms with Crippen molar-refractivity contribution in [2.45, 2.75) is 32.5 Å². The van der Waals surface area contributed by atoms with Gasteiger partial charge >= 0.3 is 0 Å². The first-order valence-corrected chi connectivity index (χ1v) is 7.29. The first-order chi connectivity index (χ1) is 10.4. The van der Waals surface area contributed by atoms with Gasteiger partial charge in [0.05, 0.1) is 23.6 Å². The van der Waals surface area contributed by atoms with Gasteiger partial charge in [0.1, 0.15) is 11.6 Å². The quantitative estimate of drug-likeness (QED) is 0.879. The van der Waals surface area contributed by atoms with Crippen molar-refractivity contribution < 1.29 is 4.74 Å². The van der Waals surface area contributed by atoms with Crippen molar-refractivity contribution in [2.24, 2.45) is 0 Å². The van der Waals surface area contributed by atoms with Crippen LogP contribution in [0.15, 0.2) is 24.3 Å². The van der Waals surface area contributed by atoms with Gasteiger partial charge in [-0.25, -0.2) is 4.68 Å². The van der Waals surface area contributed by atoms with Gasteiger partial charge in [0.15, 0.2) is 5.49 Å². The van der Waals surface area contributed by atoms with Crippen molar-refractivity contribution in [3.63, 3.8) is 0 Å². The summed E-state index contributed by atoms with van der Waals surface area (Å²) in [7, 11) is 0. The monoisotopic (exact) mass is 314 g/mol. The number of halogens is 1. The van der Waals surface area contributed by atoms with Gasteiger partial charge in [-0.2, -0.15) is 10.4 Å². The molecule has 3 rings (SSSR count). The highest BCUT2D eigenvalue weighted by molar-refractivity contribution is 6.30. The zero-order valence-corrected chi connectivity index (χ0v) is 13.1. The Balaban J connectivity index is 2.22. The van der Waals surface area contributed by atoms with Crippen molar-refractivity contribution in [1.82, 2.24) is 9.78 Å². The van der Waals surface area contributed by atoms with Crippen molar-refractivity contribution in [2.75, 3.05) is 0 Å². The van der Waals surface area contributed by atoms with E-state index in [0.717, 1.165) is 5.56 Å². The number of aromatic nitrogens is 2. The molecule has 0 atom stereocenters. The lowest BCUT2D eigenvalue weighted by atomic mass is 9.92. The van der Waals surface area contributed by atoms with E-state index >= 15 is 0 Å². The third-order valence-corrected chi connectivity index (χ3v) is 3.96. The zero-order chi connectivity index (χ0) is 15.9. The number of hydrogen-bond donors (Lipinski definition) is 1. The summed E-state index contributed by atoms with van der Waals surface area (Å²) >= 11 is 5.90. The molecule has 0 radical (unpaired) electrons. The second-order valence-corrected chi connectivity index (χ2v) is 6.31. The number of hydrogen-bond acceptors (Lipinski definition) is 4. The van der Waals surface area contributed by atoms with Gasteiger partial charge in [-0.05, 0) is 38.1 Å². The van der Waals surface area contributed by atoms with Crippen LogP contribution >= 0.6 is 11.6 Å². The number of nitriles is 1. The molecular formula is C16H15ClN4O. The molecule has 0 bridgehead atoms. The van der Waals surface area contributed by atoms with Crippen molar-refractivity contribution >= 4 is 11.6 Å². The Morgan fingerprint density at radius 2 is 2.05 bits per heavy atom. The molecule has 112 valence electrons. The Bertz CT molecular complexity index is 831. The van der Waals surface area contributed by atoms with E-state index in [0.29, 0.717) is 35.0 Å². The molecule has 1 aromatic carbocycles. The Morgan fingerprint density at radius 3 is 2.68 bits per heavy atom. The minimum Gasteiger partial charge on any atom is -0.369 e. The second kappa shape index (κ2) is 5.24. The molecule has 2 heterocycles. The van der Waals surface area contributed by atoms with E-state index in [1.807, 2.05) is 13.8 Å². The molecule has 1 aromatic heterocycles. The maximum atomic E-state index is 9.49. The molecule has 1 aliphatic heterocycles. The summed E-state index contributed by atoms with van der Waals surface area (Å²) in [5.74, 6) is 0. The van der Waals surface area contributed by atoms with Crippen LogP contribution in [-0.4, -0.2) is 15.4 Å². The summed E-state index contributed by atoms with van der Waals surface area (Å²) in [6.07, 6.45) is 0.575. The number of nitrogens with zero attached hydrogens (tertiary/aromatic N) is 3. The molecule has 0 amide bonds. The predicted octanol–water partition coefficient (Wildman–Crippen LogP) is 2.73. The van der Waals surface area contributed by atoms with Crippen LogP contribution in [0.1, 0.15) is 30.7 Å². The summed E-state index contributed by atoms with van der Waals surface area (Å²) in [4.78, 5) is 0. The summed E-state index contributed by atoms with van der Waals surface area (Å²) < 4.78 is 7.23. The van der Waals surface area contributed by atoms with Gasteiger partial charge in [0.25, 0.3) is 0 Å². The molecule has 5 nitrogen and oxygen atoms in total. The molecule has 6 heteroatoms. The van der Waals surface area contributed by atoms with Crippen LogP contribution in [-0.2, 0) is 17.8 Å². The lowest BCUT2D eigenvalue weighted by Gasteiger charge is -2.31. The topological polar surface area (TPSA) is 74.7 Å². The molecule has 0 spiro atoms. The van der Waals surface area contributed by atoms with Crippen LogP contribution in [0.25, 0.3) is 5.69 Å². The van der Waals surface area contributed by atoms with Gasteiger partial charge in [-0.15, -0.1) is 0 Å². The van der Waals surface area contributed by atoms with Crippen LogP contribution in [0.5, 0.6) is 0 Å². The van der Waals surface area contributed by atoms with Gasteiger partial charge < -0.3 is 4.74 Å². The normalized spacial score (nSPS) is 15.9. The van der Waals surface area contributed by atoms with Crippen molar-refractivity contribution in [1.29, 1.82) is 10.7 Å². The number of fused-ring (bicyclic) bond motifs is 1. The van der Waals surface area contributed by atoms with E-state index < -0.39 is 0 Å². The van der Waals surface area contributed by atoms with Crippen LogP contribution < -0.4 is 5.49 Å². The number of nitrogens with one attached hydrogen (secondary N) is 1. The first-order valence-electron chi connectivity index (χ1n) is 6.91. The van der Waals surface area contributed by atoms with Crippen LogP contribution in [0.4, 0.5) is 0 Å². The fraction of sp³-hybridized carbons (Fsp3) is 0.312. The Kier molecular flexibility index (Phi) is 3.51.